The van der Waals surface area contributed by atoms with Gasteiger partial charge in [-0.15, -0.1) is 0 Å². The van der Waals surface area contributed by atoms with Gasteiger partial charge in [0.1, 0.15) is 0 Å². The quantitative estimate of drug-likeness (QED) is 0.266. The van der Waals surface area contributed by atoms with Gasteiger partial charge in [-0.1, -0.05) is 74.2 Å². The van der Waals surface area contributed by atoms with Gasteiger partial charge >= 0.3 is 0 Å². The van der Waals surface area contributed by atoms with Crippen LogP contribution in [-0.4, -0.2) is 37.0 Å². The van der Waals surface area contributed by atoms with Gasteiger partial charge in [-0.25, -0.2) is 0 Å². The van der Waals surface area contributed by atoms with E-state index in [0.717, 1.165) is 13.1 Å². The van der Waals surface area contributed by atoms with Crippen LogP contribution in [0.2, 0.25) is 0 Å². The Labute approximate surface area is 191 Å². The Kier molecular flexibility index (Phi) is 10.5. The highest BCUT2D eigenvalue weighted by molar-refractivity contribution is 5.65. The number of benzene rings is 2. The van der Waals surface area contributed by atoms with Crippen LogP contribution in [0.5, 0.6) is 0 Å². The number of hydrogen-bond donors (Lipinski definition) is 0. The summed E-state index contributed by atoms with van der Waals surface area (Å²) in [5.41, 5.74) is 6.38. The summed E-state index contributed by atoms with van der Waals surface area (Å²) in [7, 11) is 4.41. The van der Waals surface area contributed by atoms with Gasteiger partial charge in [-0.05, 0) is 58.0 Å². The lowest BCUT2D eigenvalue weighted by atomic mass is 10.0. The van der Waals surface area contributed by atoms with Crippen molar-refractivity contribution >= 4 is 5.70 Å². The zero-order valence-electron chi connectivity index (χ0n) is 20.5. The first-order valence-electron chi connectivity index (χ1n) is 11.8. The fraction of sp³-hybridized carbons (Fsp3) is 0.448. The molecule has 2 nitrogen and oxygen atoms in total. The summed E-state index contributed by atoms with van der Waals surface area (Å²) in [5.74, 6) is 0. The molecule has 2 heteroatoms. The molecule has 0 aliphatic heterocycles. The maximum absolute atomic E-state index is 3.56. The molecule has 0 heterocycles. The zero-order valence-corrected chi connectivity index (χ0v) is 20.5. The Bertz CT molecular complexity index is 815. The summed E-state index contributed by atoms with van der Waals surface area (Å²) >= 11 is 0. The van der Waals surface area contributed by atoms with Crippen LogP contribution in [0.15, 0.2) is 60.7 Å². The second-order valence-electron chi connectivity index (χ2n) is 8.69. The van der Waals surface area contributed by atoms with E-state index in [9.17, 15) is 0 Å². The first-order chi connectivity index (χ1) is 15.0. The van der Waals surface area contributed by atoms with Crippen LogP contribution in [0.4, 0.5) is 0 Å². The second-order valence-corrected chi connectivity index (χ2v) is 8.69. The standard InChI is InChI=1S/C29H41N2/c1-7-9-22-30(5)28(26-18-14-24(3)15-19-26)12-11-13-29(31(6)23-10-8-2)27-20-16-25(4)17-21-27/h12-21,28H,7-10,22-23H2,1-6H3/q+1/b29-13+. The second kappa shape index (κ2) is 13.1. The number of unbranched alkanes of at least 4 members (excludes halogenated alkanes) is 2. The predicted molar refractivity (Wildman–Crippen MR) is 136 cm³/mol. The van der Waals surface area contributed by atoms with Crippen LogP contribution in [-0.2, 0) is 0 Å². The van der Waals surface area contributed by atoms with E-state index in [1.807, 2.05) is 0 Å². The number of aryl methyl sites for hydroxylation is 2. The Hall–Kier alpha value is -2.41. The molecule has 0 N–H and O–H groups in total. The molecule has 0 amide bonds. The van der Waals surface area contributed by atoms with Crippen molar-refractivity contribution in [2.75, 3.05) is 27.2 Å². The average Bonchev–Trinajstić information content (AvgIpc) is 2.77. The summed E-state index contributed by atoms with van der Waals surface area (Å²) in [6.07, 6.45) is 12.7. The van der Waals surface area contributed by atoms with Crippen molar-refractivity contribution in [3.05, 3.63) is 89.0 Å². The molecule has 2 aromatic rings. The Balaban J connectivity index is 2.33. The largest absolute Gasteiger partial charge is 0.300 e. The van der Waals surface area contributed by atoms with E-state index in [4.69, 9.17) is 0 Å². The third kappa shape index (κ3) is 7.98. The van der Waals surface area contributed by atoms with Crippen molar-refractivity contribution in [1.29, 1.82) is 0 Å². The Morgan fingerprint density at radius 1 is 0.839 bits per heavy atom. The van der Waals surface area contributed by atoms with Gasteiger partial charge in [-0.3, -0.25) is 9.80 Å². The lowest BCUT2D eigenvalue weighted by molar-refractivity contribution is 0.281. The van der Waals surface area contributed by atoms with E-state index in [-0.39, 0.29) is 6.04 Å². The third-order valence-electron chi connectivity index (χ3n) is 5.84. The highest BCUT2D eigenvalue weighted by Crippen LogP contribution is 2.24. The normalized spacial score (nSPS) is 12.9. The topological polar surface area (TPSA) is 6.48 Å². The third-order valence-corrected chi connectivity index (χ3v) is 5.84. The molecule has 0 spiro atoms. The molecule has 166 valence electrons. The van der Waals surface area contributed by atoms with Gasteiger partial charge in [-0.2, -0.15) is 0 Å². The first-order valence-corrected chi connectivity index (χ1v) is 11.8. The molecular weight excluding hydrogens is 376 g/mol. The van der Waals surface area contributed by atoms with E-state index < -0.39 is 0 Å². The van der Waals surface area contributed by atoms with Crippen molar-refractivity contribution in [2.45, 2.75) is 59.4 Å². The van der Waals surface area contributed by atoms with Crippen LogP contribution < -0.4 is 0 Å². The molecule has 0 saturated carbocycles. The number of nitrogens with zero attached hydrogens (tertiary/aromatic N) is 2. The minimum Gasteiger partial charge on any atom is -0.300 e. The molecule has 0 aliphatic rings. The van der Waals surface area contributed by atoms with Gasteiger partial charge in [0.25, 0.3) is 0 Å². The molecule has 0 aliphatic carbocycles. The Morgan fingerprint density at radius 2 is 1.39 bits per heavy atom. The molecule has 0 bridgehead atoms. The van der Waals surface area contributed by atoms with Crippen LogP contribution in [0, 0.1) is 19.9 Å². The van der Waals surface area contributed by atoms with Crippen molar-refractivity contribution in [3.8, 4) is 0 Å². The fourth-order valence-corrected chi connectivity index (χ4v) is 3.66. The summed E-state index contributed by atoms with van der Waals surface area (Å²) in [6, 6.07) is 17.9. The van der Waals surface area contributed by atoms with E-state index in [1.54, 1.807) is 0 Å². The lowest BCUT2D eigenvalue weighted by Crippen LogP contribution is -2.24. The summed E-state index contributed by atoms with van der Waals surface area (Å²) in [5, 5.41) is 0. The summed E-state index contributed by atoms with van der Waals surface area (Å²) in [4.78, 5) is 4.79. The maximum atomic E-state index is 3.56. The average molecular weight is 418 g/mol. The predicted octanol–water partition coefficient (Wildman–Crippen LogP) is 7.21. The van der Waals surface area contributed by atoms with Crippen LogP contribution in [0.3, 0.4) is 0 Å². The smallest absolute Gasteiger partial charge is 0.186 e. The van der Waals surface area contributed by atoms with Crippen LogP contribution in [0.1, 0.15) is 67.8 Å². The fourth-order valence-electron chi connectivity index (χ4n) is 3.66. The van der Waals surface area contributed by atoms with E-state index >= 15 is 0 Å². The summed E-state index contributed by atoms with van der Waals surface area (Å²) in [6.45, 7) is 10.9. The van der Waals surface area contributed by atoms with Gasteiger partial charge in [0.05, 0.1) is 23.8 Å². The molecule has 2 rings (SSSR count). The zero-order chi connectivity index (χ0) is 22.6. The summed E-state index contributed by atoms with van der Waals surface area (Å²) < 4.78 is 0. The highest BCUT2D eigenvalue weighted by Gasteiger charge is 2.18. The first kappa shape index (κ1) is 24.9. The molecule has 0 aromatic heterocycles. The minimum absolute atomic E-state index is 0.226. The monoisotopic (exact) mass is 417 g/mol. The van der Waals surface area contributed by atoms with Crippen molar-refractivity contribution in [3.63, 3.8) is 0 Å². The molecule has 0 fully saturated rings. The van der Waals surface area contributed by atoms with E-state index in [1.165, 1.54) is 53.6 Å². The van der Waals surface area contributed by atoms with Gasteiger partial charge in [0.2, 0.25) is 0 Å². The van der Waals surface area contributed by atoms with Crippen molar-refractivity contribution in [1.82, 2.24) is 9.80 Å². The molecule has 31 heavy (non-hydrogen) atoms. The van der Waals surface area contributed by atoms with E-state index in [0.29, 0.717) is 0 Å². The van der Waals surface area contributed by atoms with Gasteiger partial charge in [0.15, 0.2) is 11.8 Å². The molecular formula is C29H41N2+. The number of allylic oxidation sites excluding steroid dienone is 2. The molecule has 2 aromatic carbocycles. The Morgan fingerprint density at radius 3 is 1.97 bits per heavy atom. The van der Waals surface area contributed by atoms with Crippen LogP contribution in [0.25, 0.3) is 5.70 Å². The molecule has 0 saturated heterocycles. The molecule has 1 unspecified atom stereocenters. The number of rotatable bonds is 12. The highest BCUT2D eigenvalue weighted by atomic mass is 15.1. The number of likely N-dealkylation sites (N-methyl/N-ethyl adjacent to an activating group) is 1. The maximum Gasteiger partial charge on any atom is 0.186 e. The molecule has 1 atom stereocenters. The van der Waals surface area contributed by atoms with Gasteiger partial charge < -0.3 is 0 Å². The lowest BCUT2D eigenvalue weighted by Gasteiger charge is -2.24. The van der Waals surface area contributed by atoms with Crippen molar-refractivity contribution < 1.29 is 0 Å². The van der Waals surface area contributed by atoms with E-state index in [2.05, 4.69) is 118 Å². The van der Waals surface area contributed by atoms with Gasteiger partial charge in [0, 0.05) is 13.6 Å². The van der Waals surface area contributed by atoms with Crippen LogP contribution >= 0.6 is 0 Å². The number of hydrogen-bond acceptors (Lipinski definition) is 2. The minimum atomic E-state index is 0.226. The van der Waals surface area contributed by atoms with Crippen molar-refractivity contribution in [2.24, 2.45) is 0 Å². The SMILES string of the molecule is CCCCN(C)/C(=C/[C+]=CC(c1ccc(C)cc1)N(C)CCCC)c1ccc(C)cc1. The molecule has 0 radical (unpaired) electrons.